The normalized spacial score (nSPS) is 11.6. The summed E-state index contributed by atoms with van der Waals surface area (Å²) in [7, 11) is 0. The number of H-pyrrole nitrogens is 1. The van der Waals surface area contributed by atoms with E-state index >= 15 is 0 Å². The molecule has 35 heavy (non-hydrogen) atoms. The Morgan fingerprint density at radius 2 is 1.80 bits per heavy atom. The van der Waals surface area contributed by atoms with Gasteiger partial charge in [0, 0.05) is 30.1 Å². The Bertz CT molecular complexity index is 1250. The first-order valence-electron chi connectivity index (χ1n) is 11.1. The van der Waals surface area contributed by atoms with Crippen molar-refractivity contribution in [2.45, 2.75) is 38.1 Å². The fourth-order valence-corrected chi connectivity index (χ4v) is 3.52. The summed E-state index contributed by atoms with van der Waals surface area (Å²) in [5, 5.41) is 18.3. The van der Waals surface area contributed by atoms with E-state index < -0.39 is 17.9 Å². The van der Waals surface area contributed by atoms with Crippen LogP contribution in [0.15, 0.2) is 53.3 Å². The van der Waals surface area contributed by atoms with Gasteiger partial charge in [-0.3, -0.25) is 9.59 Å². The van der Waals surface area contributed by atoms with Crippen molar-refractivity contribution in [3.05, 3.63) is 69.7 Å². The van der Waals surface area contributed by atoms with E-state index in [1.54, 1.807) is 48.5 Å². The first kappa shape index (κ1) is 25.7. The Morgan fingerprint density at radius 1 is 1.06 bits per heavy atom. The number of aryl methyl sites for hydroxylation is 1. The molecule has 2 aromatic carbocycles. The van der Waals surface area contributed by atoms with Crippen LogP contribution in [0.4, 0.5) is 10.5 Å². The second kappa shape index (κ2) is 12.5. The van der Waals surface area contributed by atoms with E-state index in [0.717, 1.165) is 0 Å². The molecule has 3 rings (SSSR count). The van der Waals surface area contributed by atoms with E-state index in [2.05, 4.69) is 25.9 Å². The molecule has 0 saturated carbocycles. The first-order chi connectivity index (χ1) is 16.8. The summed E-state index contributed by atoms with van der Waals surface area (Å²) in [6, 6.07) is 12.1. The number of carboxylic acids is 1. The van der Waals surface area contributed by atoms with Crippen molar-refractivity contribution in [2.75, 3.05) is 11.9 Å². The summed E-state index contributed by atoms with van der Waals surface area (Å²) >= 11 is 5.80. The number of rotatable bonds is 11. The van der Waals surface area contributed by atoms with Crippen LogP contribution in [-0.2, 0) is 16.0 Å². The average Bonchev–Trinajstić information content (AvgIpc) is 2.83. The molecule has 11 heteroatoms. The molecule has 0 unspecified atom stereocenters. The molecule has 1 aromatic heterocycles. The Labute approximate surface area is 206 Å². The number of hydrogen-bond donors (Lipinski definition) is 5. The van der Waals surface area contributed by atoms with Gasteiger partial charge in [0.05, 0.1) is 10.9 Å². The topological polar surface area (TPSA) is 153 Å². The summed E-state index contributed by atoms with van der Waals surface area (Å²) in [5.41, 5.74) is 0.846. The van der Waals surface area contributed by atoms with Gasteiger partial charge in [-0.2, -0.15) is 0 Å². The van der Waals surface area contributed by atoms with E-state index in [9.17, 15) is 24.3 Å². The highest BCUT2D eigenvalue weighted by atomic mass is 35.5. The average molecular weight is 500 g/mol. The number of halogens is 1. The third-order valence-corrected chi connectivity index (χ3v) is 5.44. The highest BCUT2D eigenvalue weighted by molar-refractivity contribution is 6.30. The molecule has 5 N–H and O–H groups in total. The summed E-state index contributed by atoms with van der Waals surface area (Å²) in [6.07, 6.45) is 1.39. The minimum atomic E-state index is -1.14. The number of carbonyl (C=O) groups excluding carboxylic acids is 2. The number of aromatic amines is 1. The molecule has 3 amide bonds. The number of amides is 3. The fraction of sp³-hybridized carbons (Fsp3) is 0.292. The quantitative estimate of drug-likeness (QED) is 0.255. The van der Waals surface area contributed by atoms with E-state index in [4.69, 9.17) is 11.6 Å². The van der Waals surface area contributed by atoms with Crippen molar-refractivity contribution >= 4 is 46.1 Å². The first-order valence-corrected chi connectivity index (χ1v) is 11.5. The van der Waals surface area contributed by atoms with Crippen molar-refractivity contribution in [3.8, 4) is 0 Å². The zero-order valence-corrected chi connectivity index (χ0v) is 19.6. The van der Waals surface area contributed by atoms with E-state index in [1.807, 2.05) is 0 Å². The number of benzene rings is 2. The molecule has 0 aliphatic carbocycles. The van der Waals surface area contributed by atoms with Gasteiger partial charge >= 0.3 is 12.0 Å². The van der Waals surface area contributed by atoms with Crippen LogP contribution in [0.3, 0.4) is 0 Å². The molecule has 0 fully saturated rings. The molecule has 0 bridgehead atoms. The maximum atomic E-state index is 12.3. The highest BCUT2D eigenvalue weighted by Crippen LogP contribution is 2.13. The van der Waals surface area contributed by atoms with E-state index in [-0.39, 0.29) is 30.9 Å². The molecule has 10 nitrogen and oxygen atoms in total. The number of unbranched alkanes of at least 4 members (excludes halogenated alkanes) is 1. The smallest absolute Gasteiger partial charge is 0.326 e. The molecular formula is C24H26ClN5O5. The lowest BCUT2D eigenvalue weighted by molar-refractivity contribution is -0.142. The predicted octanol–water partition coefficient (Wildman–Crippen LogP) is 3.07. The van der Waals surface area contributed by atoms with Crippen molar-refractivity contribution in [2.24, 2.45) is 0 Å². The van der Waals surface area contributed by atoms with Crippen molar-refractivity contribution in [1.82, 2.24) is 20.6 Å². The monoisotopic (exact) mass is 499 g/mol. The number of hydrogen-bond acceptors (Lipinski definition) is 5. The minimum Gasteiger partial charge on any atom is -0.480 e. The Hall–Kier alpha value is -3.92. The number of fused-ring (bicyclic) bond motifs is 1. The van der Waals surface area contributed by atoms with Gasteiger partial charge in [0.1, 0.15) is 11.9 Å². The Kier molecular flexibility index (Phi) is 9.19. The van der Waals surface area contributed by atoms with Crippen LogP contribution in [0.2, 0.25) is 5.02 Å². The van der Waals surface area contributed by atoms with Crippen LogP contribution in [-0.4, -0.2) is 45.6 Å². The van der Waals surface area contributed by atoms with Gasteiger partial charge in [0.25, 0.3) is 5.56 Å². The third-order valence-electron chi connectivity index (χ3n) is 5.19. The van der Waals surface area contributed by atoms with E-state index in [1.165, 1.54) is 0 Å². The number of nitrogens with one attached hydrogen (secondary N) is 4. The van der Waals surface area contributed by atoms with Crippen LogP contribution in [0.1, 0.15) is 31.5 Å². The lowest BCUT2D eigenvalue weighted by atomic mass is 10.1. The number of urea groups is 1. The van der Waals surface area contributed by atoms with Gasteiger partial charge in [-0.05, 0) is 55.7 Å². The number of aromatic nitrogens is 2. The lowest BCUT2D eigenvalue weighted by Gasteiger charge is -2.14. The van der Waals surface area contributed by atoms with Gasteiger partial charge in [-0.25, -0.2) is 14.6 Å². The number of aliphatic carboxylic acids is 1. The summed E-state index contributed by atoms with van der Waals surface area (Å²) in [4.78, 5) is 54.8. The van der Waals surface area contributed by atoms with Crippen LogP contribution in [0.25, 0.3) is 10.9 Å². The molecule has 184 valence electrons. The molecule has 0 radical (unpaired) electrons. The number of carboxylic acid groups (broad SMARTS) is 1. The minimum absolute atomic E-state index is 0.0164. The molecular weight excluding hydrogens is 474 g/mol. The third kappa shape index (κ3) is 8.11. The van der Waals surface area contributed by atoms with Crippen molar-refractivity contribution < 1.29 is 19.5 Å². The fourth-order valence-electron chi connectivity index (χ4n) is 3.39. The molecule has 1 atom stereocenters. The number of carbonyl (C=O) groups is 3. The van der Waals surface area contributed by atoms with Gasteiger partial charge in [-0.1, -0.05) is 23.7 Å². The van der Waals surface area contributed by atoms with E-state index in [0.29, 0.717) is 46.8 Å². The van der Waals surface area contributed by atoms with Crippen molar-refractivity contribution in [3.63, 3.8) is 0 Å². The molecule has 0 aliphatic rings. The Morgan fingerprint density at radius 3 is 2.54 bits per heavy atom. The largest absolute Gasteiger partial charge is 0.480 e. The van der Waals surface area contributed by atoms with Gasteiger partial charge in [0.15, 0.2) is 0 Å². The molecule has 0 aliphatic heterocycles. The van der Waals surface area contributed by atoms with Crippen molar-refractivity contribution in [1.29, 1.82) is 0 Å². The van der Waals surface area contributed by atoms with Gasteiger partial charge < -0.3 is 26.0 Å². The number of nitrogens with zero attached hydrogens (tertiary/aromatic N) is 1. The molecule has 3 aromatic rings. The summed E-state index contributed by atoms with van der Waals surface area (Å²) < 4.78 is 0. The maximum absolute atomic E-state index is 12.3. The zero-order chi connectivity index (χ0) is 25.2. The molecule has 0 saturated heterocycles. The number of para-hydroxylation sites is 1. The predicted molar refractivity (Wildman–Crippen MR) is 133 cm³/mol. The second-order valence-electron chi connectivity index (χ2n) is 7.87. The van der Waals surface area contributed by atoms with Crippen LogP contribution < -0.4 is 21.5 Å². The van der Waals surface area contributed by atoms with Gasteiger partial charge in [0.2, 0.25) is 5.91 Å². The highest BCUT2D eigenvalue weighted by Gasteiger charge is 2.19. The zero-order valence-electron chi connectivity index (χ0n) is 18.8. The molecule has 0 spiro atoms. The summed E-state index contributed by atoms with van der Waals surface area (Å²) in [6.45, 7) is 0.348. The van der Waals surface area contributed by atoms with Crippen LogP contribution >= 0.6 is 11.6 Å². The maximum Gasteiger partial charge on any atom is 0.326 e. The lowest BCUT2D eigenvalue weighted by Crippen LogP contribution is -2.41. The van der Waals surface area contributed by atoms with Gasteiger partial charge in [-0.15, -0.1) is 0 Å². The van der Waals surface area contributed by atoms with Crippen LogP contribution in [0.5, 0.6) is 0 Å². The Balaban J connectivity index is 1.38. The molecule has 1 heterocycles. The summed E-state index contributed by atoms with van der Waals surface area (Å²) in [5.74, 6) is -1.23. The standard InChI is InChI=1S/C24H26ClN5O5/c25-15-8-10-16(11-9-15)27-24(35)26-14-4-3-7-19(23(33)34)29-21(31)13-12-20-28-18-6-2-1-5-17(18)22(32)30-20/h1-2,5-6,8-11,19H,3-4,7,12-14H2,(H,29,31)(H,33,34)(H2,26,27,35)(H,28,30,32)/t19-/m0/s1. The SMILES string of the molecule is O=C(CCc1nc2ccccc2c(=O)[nH]1)N[C@@H](CCCCNC(=O)Nc1ccc(Cl)cc1)C(=O)O. The van der Waals surface area contributed by atoms with Crippen LogP contribution in [0, 0.1) is 0 Å². The second-order valence-corrected chi connectivity index (χ2v) is 8.31. The number of anilines is 1.